The van der Waals surface area contributed by atoms with E-state index in [0.717, 1.165) is 19.0 Å². The Balaban J connectivity index is 1.88. The molecule has 1 unspecified atom stereocenters. The molecule has 0 spiro atoms. The highest BCUT2D eigenvalue weighted by atomic mass is 32.2. The number of nitrogens with two attached hydrogens (primary N) is 1. The van der Waals surface area contributed by atoms with E-state index in [9.17, 15) is 0 Å². The molecule has 1 heterocycles. The summed E-state index contributed by atoms with van der Waals surface area (Å²) in [6, 6.07) is 9.31. The van der Waals surface area contributed by atoms with Crippen LogP contribution >= 0.6 is 11.8 Å². The van der Waals surface area contributed by atoms with Gasteiger partial charge in [-0.15, -0.1) is 0 Å². The van der Waals surface area contributed by atoms with Crippen molar-refractivity contribution in [3.63, 3.8) is 0 Å². The zero-order valence-corrected chi connectivity index (χ0v) is 11.4. The van der Waals surface area contributed by atoms with Crippen molar-refractivity contribution >= 4 is 11.8 Å². The standard InChI is InChI=1S/C14H22N2S/c1-16(14-7-9-17-11-14)8-6-12-4-2-3-5-13(12)10-15/h2-5,14H,6-11,15H2,1H3. The van der Waals surface area contributed by atoms with Crippen LogP contribution in [-0.2, 0) is 13.0 Å². The van der Waals surface area contributed by atoms with Crippen LogP contribution in [0.2, 0.25) is 0 Å². The van der Waals surface area contributed by atoms with Gasteiger partial charge in [0.1, 0.15) is 0 Å². The normalized spacial score (nSPS) is 20.1. The summed E-state index contributed by atoms with van der Waals surface area (Å²) < 4.78 is 0. The molecule has 1 fully saturated rings. The fraction of sp³-hybridized carbons (Fsp3) is 0.571. The Morgan fingerprint density at radius 3 is 2.76 bits per heavy atom. The van der Waals surface area contributed by atoms with Gasteiger partial charge in [0.15, 0.2) is 0 Å². The molecule has 0 saturated carbocycles. The van der Waals surface area contributed by atoms with Gasteiger partial charge in [0, 0.05) is 24.9 Å². The quantitative estimate of drug-likeness (QED) is 0.868. The first-order chi connectivity index (χ1) is 8.31. The van der Waals surface area contributed by atoms with E-state index in [2.05, 4.69) is 48.0 Å². The smallest absolute Gasteiger partial charge is 0.0191 e. The molecular formula is C14H22N2S. The Labute approximate surface area is 109 Å². The van der Waals surface area contributed by atoms with Crippen LogP contribution in [0.1, 0.15) is 17.5 Å². The number of benzene rings is 1. The first kappa shape index (κ1) is 12.9. The molecule has 0 bridgehead atoms. The molecule has 2 rings (SSSR count). The van der Waals surface area contributed by atoms with Gasteiger partial charge >= 0.3 is 0 Å². The Kier molecular flexibility index (Phi) is 4.89. The summed E-state index contributed by atoms with van der Waals surface area (Å²) in [7, 11) is 2.25. The van der Waals surface area contributed by atoms with Gasteiger partial charge in [-0.05, 0) is 36.8 Å². The maximum absolute atomic E-state index is 5.76. The SMILES string of the molecule is CN(CCc1ccccc1CN)C1CCSC1. The van der Waals surface area contributed by atoms with Crippen LogP contribution in [0.5, 0.6) is 0 Å². The van der Waals surface area contributed by atoms with Gasteiger partial charge in [-0.25, -0.2) is 0 Å². The second kappa shape index (κ2) is 6.43. The Hall–Kier alpha value is -0.510. The van der Waals surface area contributed by atoms with Crippen molar-refractivity contribution < 1.29 is 0 Å². The van der Waals surface area contributed by atoms with Crippen LogP contribution in [0.15, 0.2) is 24.3 Å². The molecule has 2 N–H and O–H groups in total. The molecule has 1 saturated heterocycles. The topological polar surface area (TPSA) is 29.3 Å². The van der Waals surface area contributed by atoms with E-state index >= 15 is 0 Å². The first-order valence-corrected chi connectivity index (χ1v) is 7.51. The van der Waals surface area contributed by atoms with E-state index in [1.165, 1.54) is 29.1 Å². The van der Waals surface area contributed by atoms with Crippen molar-refractivity contribution in [3.05, 3.63) is 35.4 Å². The van der Waals surface area contributed by atoms with Gasteiger partial charge < -0.3 is 10.6 Å². The lowest BCUT2D eigenvalue weighted by Gasteiger charge is -2.23. The molecule has 1 atom stereocenters. The second-order valence-corrected chi connectivity index (χ2v) is 5.87. The van der Waals surface area contributed by atoms with Gasteiger partial charge in [-0.2, -0.15) is 11.8 Å². The van der Waals surface area contributed by atoms with Crippen molar-refractivity contribution in [1.82, 2.24) is 4.90 Å². The minimum atomic E-state index is 0.652. The average molecular weight is 250 g/mol. The Morgan fingerprint density at radius 1 is 1.35 bits per heavy atom. The number of rotatable bonds is 5. The summed E-state index contributed by atoms with van der Waals surface area (Å²) in [6.45, 7) is 1.79. The summed E-state index contributed by atoms with van der Waals surface area (Å²) in [6.07, 6.45) is 2.46. The van der Waals surface area contributed by atoms with E-state index in [-0.39, 0.29) is 0 Å². The summed E-state index contributed by atoms with van der Waals surface area (Å²) in [5, 5.41) is 0. The molecular weight excluding hydrogens is 228 g/mol. The molecule has 1 aromatic carbocycles. The van der Waals surface area contributed by atoms with E-state index in [1.807, 2.05) is 0 Å². The lowest BCUT2D eigenvalue weighted by atomic mass is 10.0. The summed E-state index contributed by atoms with van der Waals surface area (Å²) in [4.78, 5) is 2.51. The predicted molar refractivity (Wildman–Crippen MR) is 76.4 cm³/mol. The molecule has 0 aromatic heterocycles. The number of hydrogen-bond donors (Lipinski definition) is 1. The van der Waals surface area contributed by atoms with E-state index < -0.39 is 0 Å². The highest BCUT2D eigenvalue weighted by molar-refractivity contribution is 7.99. The van der Waals surface area contributed by atoms with Gasteiger partial charge in [-0.3, -0.25) is 0 Å². The molecule has 1 aliphatic heterocycles. The van der Waals surface area contributed by atoms with E-state index in [4.69, 9.17) is 5.73 Å². The minimum absolute atomic E-state index is 0.652. The van der Waals surface area contributed by atoms with Crippen molar-refractivity contribution in [2.45, 2.75) is 25.4 Å². The summed E-state index contributed by atoms with van der Waals surface area (Å²) in [5.41, 5.74) is 8.47. The third kappa shape index (κ3) is 3.47. The van der Waals surface area contributed by atoms with Gasteiger partial charge in [0.2, 0.25) is 0 Å². The van der Waals surface area contributed by atoms with Crippen molar-refractivity contribution in [2.24, 2.45) is 5.73 Å². The van der Waals surface area contributed by atoms with Crippen LogP contribution in [0, 0.1) is 0 Å². The Bertz CT molecular complexity index is 348. The fourth-order valence-electron chi connectivity index (χ4n) is 2.35. The number of thioether (sulfide) groups is 1. The molecule has 2 nitrogen and oxygen atoms in total. The van der Waals surface area contributed by atoms with E-state index in [1.54, 1.807) is 0 Å². The summed E-state index contributed by atoms with van der Waals surface area (Å²) >= 11 is 2.08. The number of nitrogens with zero attached hydrogens (tertiary/aromatic N) is 1. The number of hydrogen-bond acceptors (Lipinski definition) is 3. The van der Waals surface area contributed by atoms with Crippen molar-refractivity contribution in [1.29, 1.82) is 0 Å². The molecule has 1 aromatic rings. The van der Waals surface area contributed by atoms with Gasteiger partial charge in [0.05, 0.1) is 0 Å². The minimum Gasteiger partial charge on any atom is -0.326 e. The van der Waals surface area contributed by atoms with Crippen molar-refractivity contribution in [3.8, 4) is 0 Å². The number of likely N-dealkylation sites (N-methyl/N-ethyl adjacent to an activating group) is 1. The van der Waals surface area contributed by atoms with Crippen LogP contribution in [0.25, 0.3) is 0 Å². The monoisotopic (exact) mass is 250 g/mol. The maximum atomic E-state index is 5.76. The fourth-order valence-corrected chi connectivity index (χ4v) is 3.65. The van der Waals surface area contributed by atoms with Crippen LogP contribution in [0.3, 0.4) is 0 Å². The lowest BCUT2D eigenvalue weighted by Crippen LogP contribution is -2.33. The highest BCUT2D eigenvalue weighted by Crippen LogP contribution is 2.21. The molecule has 94 valence electrons. The molecule has 3 heteroatoms. The largest absolute Gasteiger partial charge is 0.326 e. The summed E-state index contributed by atoms with van der Waals surface area (Å²) in [5.74, 6) is 2.63. The Morgan fingerprint density at radius 2 is 2.12 bits per heavy atom. The van der Waals surface area contributed by atoms with Crippen LogP contribution in [0.4, 0.5) is 0 Å². The maximum Gasteiger partial charge on any atom is 0.0191 e. The molecule has 0 aliphatic carbocycles. The van der Waals surface area contributed by atoms with E-state index in [0.29, 0.717) is 6.54 Å². The zero-order valence-electron chi connectivity index (χ0n) is 10.6. The highest BCUT2D eigenvalue weighted by Gasteiger charge is 2.19. The molecule has 0 amide bonds. The predicted octanol–water partition coefficient (Wildman–Crippen LogP) is 2.13. The third-order valence-corrected chi connectivity index (χ3v) is 4.75. The lowest BCUT2D eigenvalue weighted by molar-refractivity contribution is 0.265. The van der Waals surface area contributed by atoms with Crippen molar-refractivity contribution in [2.75, 3.05) is 25.1 Å². The van der Waals surface area contributed by atoms with Gasteiger partial charge in [-0.1, -0.05) is 24.3 Å². The first-order valence-electron chi connectivity index (χ1n) is 6.36. The molecule has 1 aliphatic rings. The van der Waals surface area contributed by atoms with Crippen LogP contribution < -0.4 is 5.73 Å². The third-order valence-electron chi connectivity index (χ3n) is 3.60. The zero-order chi connectivity index (χ0) is 12.1. The second-order valence-electron chi connectivity index (χ2n) is 4.72. The van der Waals surface area contributed by atoms with Crippen LogP contribution in [-0.4, -0.2) is 36.0 Å². The average Bonchev–Trinajstić information content (AvgIpc) is 2.90. The molecule has 17 heavy (non-hydrogen) atoms. The van der Waals surface area contributed by atoms with Gasteiger partial charge in [0.25, 0.3) is 0 Å². The molecule has 0 radical (unpaired) electrons.